The Morgan fingerprint density at radius 2 is 1.55 bits per heavy atom. The maximum Gasteiger partial charge on any atom is 0.333 e. The summed E-state index contributed by atoms with van der Waals surface area (Å²) in [5.41, 5.74) is 2.03. The summed E-state index contributed by atoms with van der Waals surface area (Å²) in [6.45, 7) is 4.37. The Morgan fingerprint density at radius 1 is 0.966 bits per heavy atom. The van der Waals surface area contributed by atoms with Crippen molar-refractivity contribution in [3.63, 3.8) is 0 Å². The normalized spacial score (nSPS) is 11.7. The standard InChI is InChI=1S/C18H24N4O5S2/c1-4-22(13-19-28(3,24)25)16-9-7-15(8-10-16)20-18(23)21-29(26,27)17-11-5-14(2)6-12-17/h5-12,19H,4,13H2,1-3H3,(H2,20,21,23). The lowest BCUT2D eigenvalue weighted by Gasteiger charge is -2.23. The maximum atomic E-state index is 12.2. The second kappa shape index (κ2) is 9.25. The SMILES string of the molecule is CCN(CNS(C)(=O)=O)c1ccc(NC(=O)NS(=O)(=O)c2ccc(C)cc2)cc1. The lowest BCUT2D eigenvalue weighted by Crippen LogP contribution is -2.37. The van der Waals surface area contributed by atoms with Crippen LogP contribution in [0.5, 0.6) is 0 Å². The summed E-state index contributed by atoms with van der Waals surface area (Å²) in [6.07, 6.45) is 1.08. The zero-order valence-electron chi connectivity index (χ0n) is 16.3. The van der Waals surface area contributed by atoms with Gasteiger partial charge in [-0.3, -0.25) is 0 Å². The van der Waals surface area contributed by atoms with E-state index in [4.69, 9.17) is 0 Å². The fourth-order valence-corrected chi connectivity index (χ4v) is 3.69. The fraction of sp³-hybridized carbons (Fsp3) is 0.278. The number of nitrogens with one attached hydrogen (secondary N) is 3. The molecule has 2 aromatic rings. The summed E-state index contributed by atoms with van der Waals surface area (Å²) in [5.74, 6) is 0. The average molecular weight is 441 g/mol. The van der Waals surface area contributed by atoms with Crippen molar-refractivity contribution in [1.29, 1.82) is 0 Å². The van der Waals surface area contributed by atoms with Crippen LogP contribution in [-0.4, -0.2) is 42.3 Å². The number of carbonyl (C=O) groups is 1. The van der Waals surface area contributed by atoms with Gasteiger partial charge in [-0.25, -0.2) is 26.4 Å². The molecule has 0 radical (unpaired) electrons. The number of sulfonamides is 2. The van der Waals surface area contributed by atoms with Crippen LogP contribution in [0.4, 0.5) is 16.2 Å². The summed E-state index contributed by atoms with van der Waals surface area (Å²) in [6, 6.07) is 11.8. The van der Waals surface area contributed by atoms with Gasteiger partial charge < -0.3 is 10.2 Å². The summed E-state index contributed by atoms with van der Waals surface area (Å²) >= 11 is 0. The Hall–Kier alpha value is -2.63. The molecule has 0 saturated heterocycles. The van der Waals surface area contributed by atoms with Crippen LogP contribution in [-0.2, 0) is 20.0 Å². The summed E-state index contributed by atoms with van der Waals surface area (Å²) < 4.78 is 51.4. The lowest BCUT2D eigenvalue weighted by atomic mass is 10.2. The third kappa shape index (κ3) is 7.04. The smallest absolute Gasteiger partial charge is 0.333 e. The largest absolute Gasteiger partial charge is 0.358 e. The molecule has 0 heterocycles. The van der Waals surface area contributed by atoms with E-state index >= 15 is 0 Å². The van der Waals surface area contributed by atoms with E-state index < -0.39 is 26.1 Å². The van der Waals surface area contributed by atoms with Gasteiger partial charge in [0.15, 0.2) is 0 Å². The molecule has 0 atom stereocenters. The van der Waals surface area contributed by atoms with Crippen LogP contribution in [0.25, 0.3) is 0 Å². The molecule has 2 aromatic carbocycles. The van der Waals surface area contributed by atoms with Gasteiger partial charge in [-0.2, -0.15) is 4.72 Å². The number of rotatable bonds is 8. The van der Waals surface area contributed by atoms with E-state index in [9.17, 15) is 21.6 Å². The third-order valence-electron chi connectivity index (χ3n) is 3.95. The molecule has 0 bridgehead atoms. The molecule has 0 unspecified atom stereocenters. The Balaban J connectivity index is 2.01. The van der Waals surface area contributed by atoms with Crippen LogP contribution >= 0.6 is 0 Å². The van der Waals surface area contributed by atoms with Crippen molar-refractivity contribution in [2.75, 3.05) is 29.7 Å². The topological polar surface area (TPSA) is 125 Å². The van der Waals surface area contributed by atoms with Gasteiger partial charge in [0.25, 0.3) is 10.0 Å². The fourth-order valence-electron chi connectivity index (χ4n) is 2.39. The molecule has 0 spiro atoms. The number of carbonyl (C=O) groups excluding carboxylic acids is 1. The van der Waals surface area contributed by atoms with E-state index in [0.29, 0.717) is 12.2 Å². The molecule has 9 nitrogen and oxygen atoms in total. The first-order valence-electron chi connectivity index (χ1n) is 8.70. The van der Waals surface area contributed by atoms with E-state index in [1.165, 1.54) is 12.1 Å². The Labute approximate surface area is 171 Å². The molecule has 2 rings (SSSR count). The van der Waals surface area contributed by atoms with E-state index in [1.807, 2.05) is 18.6 Å². The van der Waals surface area contributed by atoms with Gasteiger partial charge in [0.2, 0.25) is 10.0 Å². The highest BCUT2D eigenvalue weighted by atomic mass is 32.2. The summed E-state index contributed by atoms with van der Waals surface area (Å²) in [4.78, 5) is 13.8. The highest BCUT2D eigenvalue weighted by molar-refractivity contribution is 7.90. The molecule has 0 saturated carbocycles. The van der Waals surface area contributed by atoms with Crippen LogP contribution < -0.4 is 19.7 Å². The number of amides is 2. The van der Waals surface area contributed by atoms with E-state index in [2.05, 4.69) is 10.0 Å². The predicted molar refractivity (Wildman–Crippen MR) is 113 cm³/mol. The number of nitrogens with zero attached hydrogens (tertiary/aromatic N) is 1. The number of anilines is 2. The van der Waals surface area contributed by atoms with Gasteiger partial charge in [0.05, 0.1) is 17.8 Å². The van der Waals surface area contributed by atoms with Crippen molar-refractivity contribution in [2.24, 2.45) is 0 Å². The number of hydrogen-bond acceptors (Lipinski definition) is 6. The monoisotopic (exact) mass is 440 g/mol. The minimum absolute atomic E-state index is 0.00874. The van der Waals surface area contributed by atoms with Gasteiger partial charge in [-0.1, -0.05) is 17.7 Å². The first-order chi connectivity index (χ1) is 13.5. The number of hydrogen-bond donors (Lipinski definition) is 3. The van der Waals surface area contributed by atoms with Crippen molar-refractivity contribution < 1.29 is 21.6 Å². The zero-order chi connectivity index (χ0) is 21.7. The van der Waals surface area contributed by atoms with E-state index in [-0.39, 0.29) is 11.6 Å². The van der Waals surface area contributed by atoms with E-state index in [0.717, 1.165) is 17.5 Å². The Bertz CT molecular complexity index is 1050. The first kappa shape index (κ1) is 22.7. The van der Waals surface area contributed by atoms with Crippen LogP contribution in [0.15, 0.2) is 53.4 Å². The molecular formula is C18H24N4O5S2. The molecular weight excluding hydrogens is 416 g/mol. The van der Waals surface area contributed by atoms with Crippen molar-refractivity contribution in [3.05, 3.63) is 54.1 Å². The molecule has 3 N–H and O–H groups in total. The second-order valence-corrected chi connectivity index (χ2v) is 9.87. The highest BCUT2D eigenvalue weighted by Crippen LogP contribution is 2.18. The van der Waals surface area contributed by atoms with E-state index in [1.54, 1.807) is 41.3 Å². The molecule has 0 fully saturated rings. The quantitative estimate of drug-likeness (QED) is 0.538. The zero-order valence-corrected chi connectivity index (χ0v) is 18.0. The molecule has 2 amide bonds. The van der Waals surface area contributed by atoms with Crippen LogP contribution in [0.1, 0.15) is 12.5 Å². The van der Waals surface area contributed by atoms with Gasteiger partial charge in [-0.15, -0.1) is 0 Å². The number of urea groups is 1. The van der Waals surface area contributed by atoms with Crippen molar-refractivity contribution >= 4 is 37.5 Å². The van der Waals surface area contributed by atoms with Crippen LogP contribution in [0, 0.1) is 6.92 Å². The van der Waals surface area contributed by atoms with Gasteiger partial charge in [0.1, 0.15) is 0 Å². The minimum atomic E-state index is -3.98. The maximum absolute atomic E-state index is 12.2. The van der Waals surface area contributed by atoms with Gasteiger partial charge in [0, 0.05) is 17.9 Å². The van der Waals surface area contributed by atoms with Crippen LogP contribution in [0.3, 0.4) is 0 Å². The van der Waals surface area contributed by atoms with Gasteiger partial charge in [-0.05, 0) is 50.2 Å². The Morgan fingerprint density at radius 3 is 2.07 bits per heavy atom. The third-order valence-corrected chi connectivity index (χ3v) is 5.95. The summed E-state index contributed by atoms with van der Waals surface area (Å²) in [7, 11) is -7.30. The van der Waals surface area contributed by atoms with Crippen LogP contribution in [0.2, 0.25) is 0 Å². The number of aryl methyl sites for hydroxylation is 1. The molecule has 158 valence electrons. The van der Waals surface area contributed by atoms with Crippen molar-refractivity contribution in [1.82, 2.24) is 9.44 Å². The average Bonchev–Trinajstić information content (AvgIpc) is 2.62. The lowest BCUT2D eigenvalue weighted by molar-refractivity contribution is 0.256. The molecule has 0 aliphatic heterocycles. The van der Waals surface area contributed by atoms with Gasteiger partial charge >= 0.3 is 6.03 Å². The molecule has 0 aliphatic rings. The van der Waals surface area contributed by atoms with Crippen molar-refractivity contribution in [3.8, 4) is 0 Å². The minimum Gasteiger partial charge on any atom is -0.358 e. The highest BCUT2D eigenvalue weighted by Gasteiger charge is 2.17. The first-order valence-corrected chi connectivity index (χ1v) is 12.1. The molecule has 11 heteroatoms. The second-order valence-electron chi connectivity index (χ2n) is 6.35. The molecule has 29 heavy (non-hydrogen) atoms. The predicted octanol–water partition coefficient (Wildman–Crippen LogP) is 1.84. The number of benzene rings is 2. The molecule has 0 aliphatic carbocycles. The molecule has 0 aromatic heterocycles. The summed E-state index contributed by atoms with van der Waals surface area (Å²) in [5, 5.41) is 2.46. The van der Waals surface area contributed by atoms with Crippen molar-refractivity contribution in [2.45, 2.75) is 18.7 Å². The Kier molecular flexibility index (Phi) is 7.22.